The van der Waals surface area contributed by atoms with Gasteiger partial charge in [-0.3, -0.25) is 0 Å². The first-order valence-corrected chi connectivity index (χ1v) is 7.10. The highest BCUT2D eigenvalue weighted by Crippen LogP contribution is 2.30. The average Bonchev–Trinajstić information content (AvgIpc) is 2.45. The van der Waals surface area contributed by atoms with Crippen LogP contribution in [0.25, 0.3) is 0 Å². The van der Waals surface area contributed by atoms with Crippen LogP contribution in [0, 0.1) is 5.41 Å². The zero-order valence-corrected chi connectivity index (χ0v) is 13.8. The Balaban J connectivity index is 0.00000220. The first kappa shape index (κ1) is 17.5. The molecule has 0 bridgehead atoms. The standard InChI is InChI=1S/C18H24N2.ClH/c1-18(2,3)17(19)15-9-11-16(12-10-15)20-13-14-7-5-4-6-8-14;/h4-12,17,20H,13,19H2,1-3H3;1H/t17-;/m0./s1. The van der Waals surface area contributed by atoms with E-state index in [4.69, 9.17) is 5.73 Å². The number of halogens is 1. The third-order valence-electron chi connectivity index (χ3n) is 3.54. The van der Waals surface area contributed by atoms with E-state index in [0.29, 0.717) is 0 Å². The minimum atomic E-state index is 0. The van der Waals surface area contributed by atoms with Crippen LogP contribution in [-0.2, 0) is 6.54 Å². The second-order valence-electron chi connectivity index (χ2n) is 6.30. The highest BCUT2D eigenvalue weighted by atomic mass is 35.5. The van der Waals surface area contributed by atoms with E-state index in [1.807, 2.05) is 6.07 Å². The van der Waals surface area contributed by atoms with Gasteiger partial charge in [0.05, 0.1) is 0 Å². The molecule has 2 aromatic carbocycles. The van der Waals surface area contributed by atoms with Gasteiger partial charge in [0.25, 0.3) is 0 Å². The Labute approximate surface area is 134 Å². The first-order chi connectivity index (χ1) is 9.47. The van der Waals surface area contributed by atoms with E-state index in [0.717, 1.165) is 12.2 Å². The minimum absolute atomic E-state index is 0. The molecule has 2 aromatic rings. The smallest absolute Gasteiger partial charge is 0.0400 e. The van der Waals surface area contributed by atoms with Crippen LogP contribution in [0.2, 0.25) is 0 Å². The molecule has 0 aromatic heterocycles. The largest absolute Gasteiger partial charge is 0.381 e. The van der Waals surface area contributed by atoms with E-state index >= 15 is 0 Å². The molecule has 2 nitrogen and oxygen atoms in total. The second-order valence-corrected chi connectivity index (χ2v) is 6.30. The molecule has 0 aliphatic rings. The topological polar surface area (TPSA) is 38.0 Å². The van der Waals surface area contributed by atoms with E-state index in [2.05, 4.69) is 74.6 Å². The molecule has 0 saturated heterocycles. The van der Waals surface area contributed by atoms with Crippen LogP contribution in [-0.4, -0.2) is 0 Å². The lowest BCUT2D eigenvalue weighted by Crippen LogP contribution is -2.26. The molecule has 3 heteroatoms. The molecular formula is C18H25ClN2. The summed E-state index contributed by atoms with van der Waals surface area (Å²) in [4.78, 5) is 0. The van der Waals surface area contributed by atoms with Crippen LogP contribution >= 0.6 is 12.4 Å². The van der Waals surface area contributed by atoms with E-state index in [9.17, 15) is 0 Å². The number of hydrogen-bond acceptors (Lipinski definition) is 2. The summed E-state index contributed by atoms with van der Waals surface area (Å²) >= 11 is 0. The summed E-state index contributed by atoms with van der Waals surface area (Å²) < 4.78 is 0. The van der Waals surface area contributed by atoms with Crippen molar-refractivity contribution in [3.63, 3.8) is 0 Å². The first-order valence-electron chi connectivity index (χ1n) is 7.10. The van der Waals surface area contributed by atoms with Gasteiger partial charge in [-0.05, 0) is 28.7 Å². The Morgan fingerprint density at radius 1 is 0.952 bits per heavy atom. The Bertz CT molecular complexity index is 529. The zero-order chi connectivity index (χ0) is 14.6. The third kappa shape index (κ3) is 5.07. The number of anilines is 1. The third-order valence-corrected chi connectivity index (χ3v) is 3.54. The molecule has 0 unspecified atom stereocenters. The molecule has 0 aliphatic heterocycles. The summed E-state index contributed by atoms with van der Waals surface area (Å²) in [7, 11) is 0. The SMILES string of the molecule is CC(C)(C)[C@@H](N)c1ccc(NCc2ccccc2)cc1.Cl. The molecule has 3 N–H and O–H groups in total. The summed E-state index contributed by atoms with van der Waals surface area (Å²) in [6.45, 7) is 7.34. The van der Waals surface area contributed by atoms with Gasteiger partial charge in [0.2, 0.25) is 0 Å². The fourth-order valence-electron chi connectivity index (χ4n) is 2.11. The van der Waals surface area contributed by atoms with Gasteiger partial charge < -0.3 is 11.1 Å². The summed E-state index contributed by atoms with van der Waals surface area (Å²) in [5.41, 5.74) is 9.94. The van der Waals surface area contributed by atoms with Crippen LogP contribution in [0.4, 0.5) is 5.69 Å². The molecule has 0 heterocycles. The highest BCUT2D eigenvalue weighted by molar-refractivity contribution is 5.85. The van der Waals surface area contributed by atoms with Crippen molar-refractivity contribution in [1.82, 2.24) is 0 Å². The van der Waals surface area contributed by atoms with Gasteiger partial charge in [0, 0.05) is 18.3 Å². The molecular weight excluding hydrogens is 280 g/mol. The Hall–Kier alpha value is -1.51. The molecule has 21 heavy (non-hydrogen) atoms. The van der Waals surface area contributed by atoms with Crippen LogP contribution in [0.5, 0.6) is 0 Å². The van der Waals surface area contributed by atoms with Crippen molar-refractivity contribution in [3.05, 3.63) is 65.7 Å². The maximum Gasteiger partial charge on any atom is 0.0400 e. The van der Waals surface area contributed by atoms with Crippen molar-refractivity contribution in [2.75, 3.05) is 5.32 Å². The van der Waals surface area contributed by atoms with Crippen molar-refractivity contribution in [3.8, 4) is 0 Å². The summed E-state index contributed by atoms with van der Waals surface area (Å²) in [5.74, 6) is 0. The Morgan fingerprint density at radius 3 is 2.05 bits per heavy atom. The maximum absolute atomic E-state index is 6.27. The predicted octanol–water partition coefficient (Wildman–Crippen LogP) is 4.77. The van der Waals surface area contributed by atoms with Gasteiger partial charge in [-0.2, -0.15) is 0 Å². The monoisotopic (exact) mass is 304 g/mol. The van der Waals surface area contributed by atoms with Crippen LogP contribution in [0.15, 0.2) is 54.6 Å². The quantitative estimate of drug-likeness (QED) is 0.854. The lowest BCUT2D eigenvalue weighted by Gasteiger charge is -2.27. The predicted molar refractivity (Wildman–Crippen MR) is 93.8 cm³/mol. The van der Waals surface area contributed by atoms with Crippen molar-refractivity contribution >= 4 is 18.1 Å². The van der Waals surface area contributed by atoms with Gasteiger partial charge in [-0.15, -0.1) is 12.4 Å². The average molecular weight is 305 g/mol. The molecule has 114 valence electrons. The van der Waals surface area contributed by atoms with Gasteiger partial charge in [0.1, 0.15) is 0 Å². The number of rotatable bonds is 4. The Morgan fingerprint density at radius 2 is 1.52 bits per heavy atom. The van der Waals surface area contributed by atoms with E-state index < -0.39 is 0 Å². The molecule has 0 aliphatic carbocycles. The fourth-order valence-corrected chi connectivity index (χ4v) is 2.11. The molecule has 0 amide bonds. The van der Waals surface area contributed by atoms with E-state index in [1.54, 1.807) is 0 Å². The van der Waals surface area contributed by atoms with Crippen molar-refractivity contribution in [2.24, 2.45) is 11.1 Å². The summed E-state index contributed by atoms with van der Waals surface area (Å²) in [6.07, 6.45) is 0. The van der Waals surface area contributed by atoms with E-state index in [1.165, 1.54) is 11.1 Å². The Kier molecular flexibility index (Phi) is 6.25. The van der Waals surface area contributed by atoms with Crippen molar-refractivity contribution in [2.45, 2.75) is 33.4 Å². The van der Waals surface area contributed by atoms with Gasteiger partial charge in [-0.1, -0.05) is 63.2 Å². The highest BCUT2D eigenvalue weighted by Gasteiger charge is 2.21. The summed E-state index contributed by atoms with van der Waals surface area (Å²) in [5, 5.41) is 3.43. The van der Waals surface area contributed by atoms with E-state index in [-0.39, 0.29) is 23.9 Å². The molecule has 0 spiro atoms. The number of hydrogen-bond donors (Lipinski definition) is 2. The number of benzene rings is 2. The van der Waals surface area contributed by atoms with Crippen LogP contribution < -0.4 is 11.1 Å². The molecule has 0 saturated carbocycles. The van der Waals surface area contributed by atoms with Crippen molar-refractivity contribution in [1.29, 1.82) is 0 Å². The van der Waals surface area contributed by atoms with Crippen LogP contribution in [0.1, 0.15) is 37.9 Å². The fraction of sp³-hybridized carbons (Fsp3) is 0.333. The maximum atomic E-state index is 6.27. The lowest BCUT2D eigenvalue weighted by atomic mass is 9.83. The van der Waals surface area contributed by atoms with Crippen LogP contribution in [0.3, 0.4) is 0 Å². The number of nitrogens with two attached hydrogens (primary N) is 1. The zero-order valence-electron chi connectivity index (χ0n) is 13.0. The lowest BCUT2D eigenvalue weighted by molar-refractivity contribution is 0.327. The molecule has 2 rings (SSSR count). The van der Waals surface area contributed by atoms with Crippen molar-refractivity contribution < 1.29 is 0 Å². The normalized spacial score (nSPS) is 12.4. The molecule has 0 fully saturated rings. The van der Waals surface area contributed by atoms with Gasteiger partial charge in [-0.25, -0.2) is 0 Å². The molecule has 1 atom stereocenters. The minimum Gasteiger partial charge on any atom is -0.381 e. The van der Waals surface area contributed by atoms with Gasteiger partial charge in [0.15, 0.2) is 0 Å². The second kappa shape index (κ2) is 7.48. The number of nitrogens with one attached hydrogen (secondary N) is 1. The summed E-state index contributed by atoms with van der Waals surface area (Å²) in [6, 6.07) is 18.9. The van der Waals surface area contributed by atoms with Gasteiger partial charge >= 0.3 is 0 Å². The molecule has 0 radical (unpaired) electrons.